The summed E-state index contributed by atoms with van der Waals surface area (Å²) >= 11 is 0. The van der Waals surface area contributed by atoms with Crippen molar-refractivity contribution in [2.24, 2.45) is 5.92 Å². The van der Waals surface area contributed by atoms with E-state index < -0.39 is 51.0 Å². The standard InChI is InChI=1S/C30H36F4N4O5S/c1-5-10-25-36-23(6-2)27(28(39)35-17-20-11-7-8-13-22(20)30(32,33)34)38(25)18-21-12-9-14-24(26(21)31)44(41,42)37-29(40)43-16-15-19(3)4/h7-9,11-14,19H,5-6,10,15-18H2,1-4H3,(H,35,39)(H,37,40). The van der Waals surface area contributed by atoms with E-state index in [2.05, 4.69) is 10.3 Å². The van der Waals surface area contributed by atoms with E-state index >= 15 is 4.39 Å². The van der Waals surface area contributed by atoms with Gasteiger partial charge in [-0.15, -0.1) is 0 Å². The molecular formula is C30H36F4N4O5S. The molecule has 3 aromatic rings. The first-order valence-electron chi connectivity index (χ1n) is 14.2. The topological polar surface area (TPSA) is 119 Å². The van der Waals surface area contributed by atoms with Gasteiger partial charge in [0, 0.05) is 18.5 Å². The average molecular weight is 641 g/mol. The molecule has 0 fully saturated rings. The highest BCUT2D eigenvalue weighted by molar-refractivity contribution is 7.90. The third kappa shape index (κ3) is 8.58. The van der Waals surface area contributed by atoms with Gasteiger partial charge in [0.2, 0.25) is 0 Å². The molecule has 0 unspecified atom stereocenters. The van der Waals surface area contributed by atoms with Gasteiger partial charge in [-0.05, 0) is 42.9 Å². The van der Waals surface area contributed by atoms with Crippen LogP contribution in [0.15, 0.2) is 47.4 Å². The maximum atomic E-state index is 15.7. The number of carbonyl (C=O) groups is 2. The van der Waals surface area contributed by atoms with Crippen molar-refractivity contribution in [2.75, 3.05) is 6.61 Å². The number of ether oxygens (including phenoxy) is 1. The Balaban J connectivity index is 1.94. The van der Waals surface area contributed by atoms with Crippen LogP contribution >= 0.6 is 0 Å². The molecule has 0 atom stereocenters. The van der Waals surface area contributed by atoms with Crippen molar-refractivity contribution in [3.63, 3.8) is 0 Å². The lowest BCUT2D eigenvalue weighted by Crippen LogP contribution is -2.32. The molecule has 2 aromatic carbocycles. The first-order chi connectivity index (χ1) is 20.7. The van der Waals surface area contributed by atoms with Crippen LogP contribution in [0.3, 0.4) is 0 Å². The summed E-state index contributed by atoms with van der Waals surface area (Å²) in [4.78, 5) is 29.2. The van der Waals surface area contributed by atoms with Crippen LogP contribution in [0.25, 0.3) is 0 Å². The molecule has 14 heteroatoms. The van der Waals surface area contributed by atoms with Gasteiger partial charge in [0.15, 0.2) is 0 Å². The number of hydrogen-bond acceptors (Lipinski definition) is 6. The molecule has 2 amide bonds. The number of aromatic nitrogens is 2. The number of alkyl halides is 3. The number of aryl methyl sites for hydroxylation is 2. The number of amides is 2. The van der Waals surface area contributed by atoms with E-state index in [1.54, 1.807) is 11.6 Å². The first-order valence-corrected chi connectivity index (χ1v) is 15.7. The minimum Gasteiger partial charge on any atom is -0.449 e. The molecule has 2 N–H and O–H groups in total. The van der Waals surface area contributed by atoms with Gasteiger partial charge in [0.25, 0.3) is 15.9 Å². The average Bonchev–Trinajstić information content (AvgIpc) is 3.29. The van der Waals surface area contributed by atoms with Crippen LogP contribution in [0.1, 0.15) is 79.2 Å². The highest BCUT2D eigenvalue weighted by atomic mass is 32.2. The van der Waals surface area contributed by atoms with Gasteiger partial charge in [-0.25, -0.2) is 27.3 Å². The largest absolute Gasteiger partial charge is 0.449 e. The normalized spacial score (nSPS) is 11.9. The molecule has 0 saturated carbocycles. The fourth-order valence-corrected chi connectivity index (χ4v) is 5.50. The van der Waals surface area contributed by atoms with E-state index in [1.165, 1.54) is 34.9 Å². The number of hydrogen-bond donors (Lipinski definition) is 2. The summed E-state index contributed by atoms with van der Waals surface area (Å²) in [5.74, 6) is -1.23. The lowest BCUT2D eigenvalue weighted by molar-refractivity contribution is -0.138. The molecule has 0 aliphatic heterocycles. The Bertz CT molecular complexity index is 1590. The molecule has 1 aromatic heterocycles. The van der Waals surface area contributed by atoms with Crippen molar-refractivity contribution in [1.29, 1.82) is 0 Å². The van der Waals surface area contributed by atoms with Crippen LogP contribution in [0.2, 0.25) is 0 Å². The van der Waals surface area contributed by atoms with Gasteiger partial charge in [0.05, 0.1) is 24.4 Å². The van der Waals surface area contributed by atoms with Crippen LogP contribution in [-0.4, -0.2) is 36.6 Å². The van der Waals surface area contributed by atoms with Crippen molar-refractivity contribution in [1.82, 2.24) is 19.6 Å². The van der Waals surface area contributed by atoms with Gasteiger partial charge in [-0.2, -0.15) is 13.2 Å². The van der Waals surface area contributed by atoms with Gasteiger partial charge >= 0.3 is 12.3 Å². The maximum absolute atomic E-state index is 15.7. The maximum Gasteiger partial charge on any atom is 0.421 e. The third-order valence-electron chi connectivity index (χ3n) is 6.71. The summed E-state index contributed by atoms with van der Waals surface area (Å²) in [6.07, 6.45) is -4.05. The lowest BCUT2D eigenvalue weighted by atomic mass is 10.1. The monoisotopic (exact) mass is 640 g/mol. The number of imidazole rings is 1. The Labute approximate surface area is 254 Å². The summed E-state index contributed by atoms with van der Waals surface area (Å²) in [6, 6.07) is 8.49. The Morgan fingerprint density at radius 2 is 1.73 bits per heavy atom. The zero-order valence-electron chi connectivity index (χ0n) is 24.9. The zero-order valence-corrected chi connectivity index (χ0v) is 25.7. The SMILES string of the molecule is CCCc1nc(CC)c(C(=O)NCc2ccccc2C(F)(F)F)n1Cc1cccc(S(=O)(=O)NC(=O)OCCC(C)C)c1F. The van der Waals surface area contributed by atoms with Crippen LogP contribution < -0.4 is 10.0 Å². The van der Waals surface area contributed by atoms with E-state index in [4.69, 9.17) is 4.74 Å². The second-order valence-electron chi connectivity index (χ2n) is 10.5. The zero-order chi connectivity index (χ0) is 32.7. The summed E-state index contributed by atoms with van der Waals surface area (Å²) in [5, 5.41) is 2.53. The van der Waals surface area contributed by atoms with Crippen LogP contribution in [-0.2, 0) is 46.9 Å². The molecule has 0 bridgehead atoms. The van der Waals surface area contributed by atoms with Crippen LogP contribution in [0, 0.1) is 11.7 Å². The van der Waals surface area contributed by atoms with E-state index in [1.807, 2.05) is 20.8 Å². The Morgan fingerprint density at radius 1 is 1.05 bits per heavy atom. The van der Waals surface area contributed by atoms with Gasteiger partial charge in [0.1, 0.15) is 22.2 Å². The molecule has 0 spiro atoms. The molecule has 0 aliphatic carbocycles. The Kier molecular flexibility index (Phi) is 11.5. The summed E-state index contributed by atoms with van der Waals surface area (Å²) in [5.41, 5.74) is -0.751. The predicted molar refractivity (Wildman–Crippen MR) is 155 cm³/mol. The molecule has 0 radical (unpaired) electrons. The van der Waals surface area contributed by atoms with E-state index in [9.17, 15) is 31.2 Å². The number of benzene rings is 2. The fourth-order valence-electron chi connectivity index (χ4n) is 4.49. The number of carbonyl (C=O) groups excluding carboxylic acids is 2. The number of nitrogens with one attached hydrogen (secondary N) is 2. The molecule has 9 nitrogen and oxygen atoms in total. The van der Waals surface area contributed by atoms with E-state index in [-0.39, 0.29) is 35.9 Å². The van der Waals surface area contributed by atoms with E-state index in [0.29, 0.717) is 37.2 Å². The fraction of sp³-hybridized carbons (Fsp3) is 0.433. The Morgan fingerprint density at radius 3 is 2.36 bits per heavy atom. The van der Waals surface area contributed by atoms with Crippen molar-refractivity contribution in [3.8, 4) is 0 Å². The predicted octanol–water partition coefficient (Wildman–Crippen LogP) is 6.00. The molecule has 1 heterocycles. The number of halogens is 4. The summed E-state index contributed by atoms with van der Waals surface area (Å²) in [6.45, 7) is 6.67. The van der Waals surface area contributed by atoms with Crippen molar-refractivity contribution >= 4 is 22.0 Å². The van der Waals surface area contributed by atoms with E-state index in [0.717, 1.165) is 12.1 Å². The highest BCUT2D eigenvalue weighted by Gasteiger charge is 2.33. The highest BCUT2D eigenvalue weighted by Crippen LogP contribution is 2.32. The van der Waals surface area contributed by atoms with Crippen molar-refractivity contribution in [3.05, 3.63) is 82.2 Å². The van der Waals surface area contributed by atoms with Crippen molar-refractivity contribution < 1.29 is 40.3 Å². The lowest BCUT2D eigenvalue weighted by Gasteiger charge is -2.16. The summed E-state index contributed by atoms with van der Waals surface area (Å²) < 4.78 is 89.9. The second-order valence-corrected chi connectivity index (χ2v) is 12.2. The van der Waals surface area contributed by atoms with Crippen LogP contribution in [0.5, 0.6) is 0 Å². The van der Waals surface area contributed by atoms with Crippen molar-refractivity contribution in [2.45, 2.75) is 77.5 Å². The van der Waals surface area contributed by atoms with Gasteiger partial charge < -0.3 is 14.6 Å². The van der Waals surface area contributed by atoms with Gasteiger partial charge in [-0.1, -0.05) is 58.0 Å². The minimum atomic E-state index is -4.65. The minimum absolute atomic E-state index is 0.0191. The molecule has 0 aliphatic rings. The summed E-state index contributed by atoms with van der Waals surface area (Å²) in [7, 11) is -4.65. The second kappa shape index (κ2) is 14.7. The number of rotatable bonds is 13. The molecular weight excluding hydrogens is 604 g/mol. The molecule has 0 saturated heterocycles. The molecule has 3 rings (SSSR count). The van der Waals surface area contributed by atoms with Crippen LogP contribution in [0.4, 0.5) is 22.4 Å². The van der Waals surface area contributed by atoms with Gasteiger partial charge in [-0.3, -0.25) is 4.79 Å². The molecule has 44 heavy (non-hydrogen) atoms. The Hall–Kier alpha value is -3.94. The first kappa shape index (κ1) is 34.5. The number of nitrogens with zero attached hydrogens (tertiary/aromatic N) is 2. The third-order valence-corrected chi connectivity index (χ3v) is 8.04. The quantitative estimate of drug-likeness (QED) is 0.222. The molecule has 240 valence electrons. The number of sulfonamides is 1. The smallest absolute Gasteiger partial charge is 0.421 e.